The Labute approximate surface area is 103 Å². The molecule has 0 radical (unpaired) electrons. The van der Waals surface area contributed by atoms with E-state index >= 15 is 0 Å². The molecule has 90 valence electrons. The third kappa shape index (κ3) is 2.52. The zero-order chi connectivity index (χ0) is 13.0. The molecule has 0 saturated carbocycles. The molecule has 1 aromatic heterocycles. The fourth-order valence-electron chi connectivity index (χ4n) is 1.40. The highest BCUT2D eigenvalue weighted by Crippen LogP contribution is 2.27. The Morgan fingerprint density at radius 2 is 2.17 bits per heavy atom. The minimum absolute atomic E-state index is 0.225. The molecule has 1 aromatic carbocycles. The zero-order valence-electron chi connectivity index (χ0n) is 9.51. The Bertz CT molecular complexity index is 609. The molecule has 2 aromatic rings. The number of hydrogen-bond acceptors (Lipinski definition) is 5. The molecule has 0 saturated heterocycles. The first-order chi connectivity index (χ1) is 8.72. The minimum Gasteiger partial charge on any atom is -0.495 e. The lowest BCUT2D eigenvalue weighted by molar-refractivity contribution is 0.416. The third-order valence-electron chi connectivity index (χ3n) is 2.21. The molecule has 1 N–H and O–H groups in total. The molecular weight excluding hydrogens is 235 g/mol. The van der Waals surface area contributed by atoms with Crippen LogP contribution >= 0.6 is 0 Å². The summed E-state index contributed by atoms with van der Waals surface area (Å²) in [6, 6.07) is 7.44. The van der Waals surface area contributed by atoms with Gasteiger partial charge in [0.05, 0.1) is 12.8 Å². The van der Waals surface area contributed by atoms with Gasteiger partial charge in [-0.1, -0.05) is 0 Å². The summed E-state index contributed by atoms with van der Waals surface area (Å²) < 4.78 is 18.2. The van der Waals surface area contributed by atoms with Crippen LogP contribution in [0.1, 0.15) is 5.69 Å². The smallest absolute Gasteiger partial charge is 0.145 e. The van der Waals surface area contributed by atoms with Crippen molar-refractivity contribution in [2.75, 3.05) is 12.4 Å². The van der Waals surface area contributed by atoms with Crippen molar-refractivity contribution >= 4 is 11.5 Å². The van der Waals surface area contributed by atoms with Crippen LogP contribution in [0.2, 0.25) is 0 Å². The lowest BCUT2D eigenvalue weighted by Gasteiger charge is -2.10. The summed E-state index contributed by atoms with van der Waals surface area (Å²) in [6.45, 7) is 0. The van der Waals surface area contributed by atoms with E-state index in [1.54, 1.807) is 0 Å². The first kappa shape index (κ1) is 11.8. The summed E-state index contributed by atoms with van der Waals surface area (Å²) in [5, 5.41) is 11.6. The van der Waals surface area contributed by atoms with Crippen molar-refractivity contribution < 1.29 is 9.13 Å². The van der Waals surface area contributed by atoms with Crippen molar-refractivity contribution in [3.63, 3.8) is 0 Å². The number of nitrogens with zero attached hydrogens (tertiary/aromatic N) is 3. The second-order valence-electron chi connectivity index (χ2n) is 3.37. The van der Waals surface area contributed by atoms with Crippen LogP contribution in [0, 0.1) is 17.1 Å². The maximum atomic E-state index is 13.2. The molecule has 0 aliphatic heterocycles. The van der Waals surface area contributed by atoms with Gasteiger partial charge in [-0.2, -0.15) is 5.26 Å². The average molecular weight is 244 g/mol. The van der Waals surface area contributed by atoms with Gasteiger partial charge in [0.2, 0.25) is 0 Å². The van der Waals surface area contributed by atoms with Crippen LogP contribution in [-0.2, 0) is 0 Å². The number of aromatic nitrogens is 2. The summed E-state index contributed by atoms with van der Waals surface area (Å²) in [5.74, 6) is 0.479. The van der Waals surface area contributed by atoms with E-state index in [0.29, 0.717) is 17.3 Å². The van der Waals surface area contributed by atoms with Crippen LogP contribution < -0.4 is 10.1 Å². The van der Waals surface area contributed by atoms with Crippen LogP contribution in [0.5, 0.6) is 5.75 Å². The molecule has 0 bridgehead atoms. The van der Waals surface area contributed by atoms with Gasteiger partial charge in [-0.05, 0) is 12.1 Å². The van der Waals surface area contributed by atoms with E-state index < -0.39 is 5.82 Å². The number of benzene rings is 1. The molecule has 6 heteroatoms. The van der Waals surface area contributed by atoms with E-state index in [0.717, 1.165) is 0 Å². The summed E-state index contributed by atoms with van der Waals surface area (Å²) in [6.07, 6.45) is 1.26. The Morgan fingerprint density at radius 3 is 2.89 bits per heavy atom. The fraction of sp³-hybridized carbons (Fsp3) is 0.0833. The standard InChI is InChI=1S/C12H9FN4O/c1-18-11-3-2-8(13)4-10(11)17-12-5-9(6-14)15-7-16-12/h2-5,7H,1H3,(H,15,16,17). The molecule has 18 heavy (non-hydrogen) atoms. The summed E-state index contributed by atoms with van der Waals surface area (Å²) in [5.41, 5.74) is 0.656. The highest BCUT2D eigenvalue weighted by atomic mass is 19.1. The molecule has 2 rings (SSSR count). The molecule has 0 fully saturated rings. The van der Waals surface area contributed by atoms with Crippen molar-refractivity contribution in [3.05, 3.63) is 42.1 Å². The topological polar surface area (TPSA) is 70.8 Å². The first-order valence-electron chi connectivity index (χ1n) is 5.05. The van der Waals surface area contributed by atoms with Gasteiger partial charge in [0.15, 0.2) is 0 Å². The largest absolute Gasteiger partial charge is 0.495 e. The van der Waals surface area contributed by atoms with Crippen molar-refractivity contribution in [3.8, 4) is 11.8 Å². The van der Waals surface area contributed by atoms with Crippen LogP contribution in [0.3, 0.4) is 0 Å². The van der Waals surface area contributed by atoms with Crippen LogP contribution in [0.15, 0.2) is 30.6 Å². The highest BCUT2D eigenvalue weighted by Gasteiger charge is 2.06. The predicted octanol–water partition coefficient (Wildman–Crippen LogP) is 2.24. The first-order valence-corrected chi connectivity index (χ1v) is 5.05. The normalized spacial score (nSPS) is 9.61. The lowest BCUT2D eigenvalue weighted by atomic mass is 10.2. The monoisotopic (exact) mass is 244 g/mol. The summed E-state index contributed by atoms with van der Waals surface area (Å²) in [4.78, 5) is 7.68. The minimum atomic E-state index is -0.395. The van der Waals surface area contributed by atoms with Crippen molar-refractivity contribution in [2.24, 2.45) is 0 Å². The third-order valence-corrected chi connectivity index (χ3v) is 2.21. The van der Waals surface area contributed by atoms with Crippen LogP contribution in [-0.4, -0.2) is 17.1 Å². The SMILES string of the molecule is COc1ccc(F)cc1Nc1cc(C#N)ncn1. The Morgan fingerprint density at radius 1 is 1.33 bits per heavy atom. The molecule has 1 heterocycles. The van der Waals surface area contributed by atoms with E-state index in [9.17, 15) is 4.39 Å². The molecule has 0 aliphatic carbocycles. The molecule has 0 amide bonds. The molecule has 5 nitrogen and oxygen atoms in total. The van der Waals surface area contributed by atoms with Gasteiger partial charge in [0.25, 0.3) is 0 Å². The quantitative estimate of drug-likeness (QED) is 0.896. The number of nitrogens with one attached hydrogen (secondary N) is 1. The number of nitriles is 1. The van der Waals surface area contributed by atoms with Gasteiger partial charge < -0.3 is 10.1 Å². The maximum Gasteiger partial charge on any atom is 0.145 e. The van der Waals surface area contributed by atoms with Crippen molar-refractivity contribution in [1.29, 1.82) is 5.26 Å². The molecule has 0 aliphatic rings. The highest BCUT2D eigenvalue weighted by molar-refractivity contribution is 5.64. The second kappa shape index (κ2) is 5.10. The predicted molar refractivity (Wildman–Crippen MR) is 63.0 cm³/mol. The Balaban J connectivity index is 2.33. The van der Waals surface area contributed by atoms with Crippen LogP contribution in [0.4, 0.5) is 15.9 Å². The van der Waals surface area contributed by atoms with Gasteiger partial charge in [-0.25, -0.2) is 14.4 Å². The number of rotatable bonds is 3. The molecule has 0 unspecified atom stereocenters. The Kier molecular flexibility index (Phi) is 3.34. The zero-order valence-corrected chi connectivity index (χ0v) is 9.51. The van der Waals surface area contributed by atoms with Gasteiger partial charge in [0.1, 0.15) is 35.5 Å². The van der Waals surface area contributed by atoms with Gasteiger partial charge >= 0.3 is 0 Å². The number of anilines is 2. The van der Waals surface area contributed by atoms with E-state index in [2.05, 4.69) is 15.3 Å². The second-order valence-corrected chi connectivity index (χ2v) is 3.37. The maximum absolute atomic E-state index is 13.2. The molecule has 0 atom stereocenters. The summed E-state index contributed by atoms with van der Waals surface area (Å²) >= 11 is 0. The molecular formula is C12H9FN4O. The Hall–Kier alpha value is -2.68. The van der Waals surface area contributed by atoms with Crippen molar-refractivity contribution in [2.45, 2.75) is 0 Å². The molecule has 0 spiro atoms. The van der Waals surface area contributed by atoms with Crippen molar-refractivity contribution in [1.82, 2.24) is 9.97 Å². The van der Waals surface area contributed by atoms with E-state index in [1.807, 2.05) is 6.07 Å². The fourth-order valence-corrected chi connectivity index (χ4v) is 1.40. The number of methoxy groups -OCH3 is 1. The van der Waals surface area contributed by atoms with E-state index in [4.69, 9.17) is 10.00 Å². The lowest BCUT2D eigenvalue weighted by Crippen LogP contribution is -1.98. The van der Waals surface area contributed by atoms with E-state index in [1.165, 1.54) is 37.7 Å². The van der Waals surface area contributed by atoms with Gasteiger partial charge in [-0.15, -0.1) is 0 Å². The number of halogens is 1. The van der Waals surface area contributed by atoms with Crippen LogP contribution in [0.25, 0.3) is 0 Å². The summed E-state index contributed by atoms with van der Waals surface area (Å²) in [7, 11) is 1.49. The average Bonchev–Trinajstić information content (AvgIpc) is 2.39. The van der Waals surface area contributed by atoms with Gasteiger partial charge in [-0.3, -0.25) is 0 Å². The van der Waals surface area contributed by atoms with E-state index in [-0.39, 0.29) is 5.69 Å². The van der Waals surface area contributed by atoms with Gasteiger partial charge in [0, 0.05) is 12.1 Å². The number of ether oxygens (including phenoxy) is 1. The number of hydrogen-bond donors (Lipinski definition) is 1.